The Kier molecular flexibility index (Phi) is 8.01. The maximum atomic E-state index is 12.8. The van der Waals surface area contributed by atoms with Crippen LogP contribution in [-0.2, 0) is 24.7 Å². The van der Waals surface area contributed by atoms with Gasteiger partial charge in [-0.2, -0.15) is 5.10 Å². The number of Topliss-reactive ketones (excluding diaryl/α,β-unsaturated/α-hetero) is 1. The Hall–Kier alpha value is -2.44. The predicted molar refractivity (Wildman–Crippen MR) is 137 cm³/mol. The van der Waals surface area contributed by atoms with Crippen LogP contribution in [0.25, 0.3) is 5.65 Å². The van der Waals surface area contributed by atoms with Crippen LogP contribution in [0.2, 0.25) is 18.1 Å². The number of aliphatic hydroxyl groups is 1. The van der Waals surface area contributed by atoms with Crippen LogP contribution in [0.1, 0.15) is 48.6 Å². The average Bonchev–Trinajstić information content (AvgIpc) is 3.40. The van der Waals surface area contributed by atoms with Gasteiger partial charge in [-0.3, -0.25) is 4.79 Å². The normalized spacial score (nSPS) is 22.9. The number of nitrogens with zero attached hydrogens (tertiary/aromatic N) is 4. The van der Waals surface area contributed by atoms with E-state index in [0.29, 0.717) is 22.6 Å². The molecule has 0 spiro atoms. The molecule has 0 amide bonds. The van der Waals surface area contributed by atoms with Crippen molar-refractivity contribution < 1.29 is 33.0 Å². The van der Waals surface area contributed by atoms with Gasteiger partial charge in [0, 0.05) is 15.7 Å². The number of fused-ring (bicyclic) bond motifs is 1. The summed E-state index contributed by atoms with van der Waals surface area (Å²) in [5.41, 5.74) is 1.51. The molecule has 1 unspecified atom stereocenters. The van der Waals surface area contributed by atoms with Crippen molar-refractivity contribution in [2.45, 2.75) is 69.7 Å². The monoisotopic (exact) mass is 547 g/mol. The van der Waals surface area contributed by atoms with Crippen molar-refractivity contribution in [3.8, 4) is 0 Å². The number of benzene rings is 1. The minimum absolute atomic E-state index is 0.00949. The summed E-state index contributed by atoms with van der Waals surface area (Å²) in [6.07, 6.45) is -0.568. The average molecular weight is 548 g/mol. The first-order valence-corrected chi connectivity index (χ1v) is 16.0. The largest absolute Gasteiger partial charge is 0.695 e. The molecule has 13 heteroatoms. The Morgan fingerprint density at radius 1 is 1.19 bits per heavy atom. The van der Waals surface area contributed by atoms with Gasteiger partial charge in [0.15, 0.2) is 25.9 Å². The standard InChI is InChI=1S/C24H31N4O7PSi/c1-24(2,3)37(4,5)35-22-20(33-18(13-29)21(22)34-36(31)32)16-12-27-28-19(25-14-26-23(16)28)11-17(30)15-9-7-6-8-10-15/h6-10,12,14,18,20-22,29H,11,13H2,1-5H3/p+1/t18-,20+,21-,22+/m1/s1. The number of aromatic nitrogens is 4. The molecule has 0 radical (unpaired) electrons. The Morgan fingerprint density at radius 3 is 2.51 bits per heavy atom. The van der Waals surface area contributed by atoms with Crippen molar-refractivity contribution in [2.75, 3.05) is 6.61 Å². The second-order valence-electron chi connectivity index (χ2n) is 10.5. The van der Waals surface area contributed by atoms with Gasteiger partial charge in [0.25, 0.3) is 0 Å². The number of hydrogen-bond donors (Lipinski definition) is 2. The van der Waals surface area contributed by atoms with Crippen LogP contribution >= 0.6 is 8.25 Å². The van der Waals surface area contributed by atoms with E-state index in [1.807, 2.05) is 6.07 Å². The van der Waals surface area contributed by atoms with Crippen molar-refractivity contribution >= 4 is 28.0 Å². The predicted octanol–water partition coefficient (Wildman–Crippen LogP) is 3.41. The third kappa shape index (κ3) is 5.70. The lowest BCUT2D eigenvalue weighted by molar-refractivity contribution is -0.0181. The highest BCUT2D eigenvalue weighted by Crippen LogP contribution is 2.46. The lowest BCUT2D eigenvalue weighted by Gasteiger charge is -2.39. The van der Waals surface area contributed by atoms with E-state index in [-0.39, 0.29) is 17.2 Å². The van der Waals surface area contributed by atoms with Crippen molar-refractivity contribution in [3.05, 3.63) is 59.8 Å². The zero-order chi connectivity index (χ0) is 27.0. The summed E-state index contributed by atoms with van der Waals surface area (Å²) >= 11 is 0. The van der Waals surface area contributed by atoms with Crippen LogP contribution in [0.15, 0.2) is 42.9 Å². The van der Waals surface area contributed by atoms with Crippen molar-refractivity contribution in [1.29, 1.82) is 0 Å². The molecule has 1 aliphatic heterocycles. The van der Waals surface area contributed by atoms with E-state index in [1.54, 1.807) is 30.5 Å². The molecule has 0 bridgehead atoms. The number of aliphatic hydroxyl groups excluding tert-OH is 1. The van der Waals surface area contributed by atoms with Gasteiger partial charge in [-0.25, -0.2) is 14.5 Å². The SMILES string of the molecule is CC(C)(C)[Si](C)(C)O[C@@H]1[C@H](O[P+](=O)O)[C@@H](CO)O[C@H]1c1cnn2c(CC(=O)c3ccccc3)ncnc12. The maximum absolute atomic E-state index is 12.8. The van der Waals surface area contributed by atoms with E-state index in [4.69, 9.17) is 13.7 Å². The topological polar surface area (TPSA) is 145 Å². The summed E-state index contributed by atoms with van der Waals surface area (Å²) < 4.78 is 31.3. The van der Waals surface area contributed by atoms with Gasteiger partial charge in [-0.05, 0) is 18.1 Å². The molecule has 37 heavy (non-hydrogen) atoms. The second kappa shape index (κ2) is 10.7. The first-order valence-electron chi connectivity index (χ1n) is 12.0. The summed E-state index contributed by atoms with van der Waals surface area (Å²) in [6.45, 7) is 9.90. The number of carbonyl (C=O) groups is 1. The Balaban J connectivity index is 1.72. The first kappa shape index (κ1) is 27.6. The Morgan fingerprint density at radius 2 is 1.89 bits per heavy atom. The number of carbonyl (C=O) groups excluding carboxylic acids is 1. The molecule has 5 atom stereocenters. The molecule has 198 valence electrons. The van der Waals surface area contributed by atoms with E-state index in [9.17, 15) is 19.4 Å². The molecule has 1 saturated heterocycles. The zero-order valence-electron chi connectivity index (χ0n) is 21.4. The quantitative estimate of drug-likeness (QED) is 0.232. The maximum Gasteiger partial charge on any atom is 0.695 e. The van der Waals surface area contributed by atoms with Gasteiger partial charge in [0.05, 0.1) is 19.2 Å². The smallest absolute Gasteiger partial charge is 0.408 e. The van der Waals surface area contributed by atoms with Gasteiger partial charge >= 0.3 is 8.25 Å². The lowest BCUT2D eigenvalue weighted by Crippen LogP contribution is -2.48. The summed E-state index contributed by atoms with van der Waals surface area (Å²) in [5, 5.41) is 14.3. The van der Waals surface area contributed by atoms with Crippen molar-refractivity contribution in [1.82, 2.24) is 19.6 Å². The number of ether oxygens (including phenoxy) is 1. The molecule has 2 aromatic heterocycles. The highest BCUT2D eigenvalue weighted by Gasteiger charge is 2.54. The molecular weight excluding hydrogens is 515 g/mol. The highest BCUT2D eigenvalue weighted by molar-refractivity contribution is 7.32. The second-order valence-corrected chi connectivity index (χ2v) is 16.0. The summed E-state index contributed by atoms with van der Waals surface area (Å²) in [5.74, 6) is 0.282. The molecule has 11 nitrogen and oxygen atoms in total. The molecule has 1 fully saturated rings. The number of rotatable bonds is 9. The lowest BCUT2D eigenvalue weighted by atomic mass is 10.0. The fourth-order valence-electron chi connectivity index (χ4n) is 4.07. The van der Waals surface area contributed by atoms with Crippen molar-refractivity contribution in [2.24, 2.45) is 0 Å². The number of ketones is 1. The highest BCUT2D eigenvalue weighted by atomic mass is 31.1. The minimum Gasteiger partial charge on any atom is -0.408 e. The van der Waals surface area contributed by atoms with Crippen LogP contribution in [0, 0.1) is 0 Å². The molecule has 0 saturated carbocycles. The Bertz CT molecular complexity index is 1280. The van der Waals surface area contributed by atoms with Gasteiger partial charge in [-0.1, -0.05) is 51.1 Å². The summed E-state index contributed by atoms with van der Waals surface area (Å²) in [7, 11) is -5.40. The molecule has 3 heterocycles. The molecule has 1 aliphatic rings. The summed E-state index contributed by atoms with van der Waals surface area (Å²) in [4.78, 5) is 31.0. The van der Waals surface area contributed by atoms with Crippen molar-refractivity contribution in [3.63, 3.8) is 0 Å². The van der Waals surface area contributed by atoms with Crippen LogP contribution < -0.4 is 0 Å². The van der Waals surface area contributed by atoms with Gasteiger partial charge < -0.3 is 14.3 Å². The molecular formula is C24H32N4O7PSi+. The zero-order valence-corrected chi connectivity index (χ0v) is 23.3. The van der Waals surface area contributed by atoms with E-state index < -0.39 is 47.6 Å². The van der Waals surface area contributed by atoms with Gasteiger partial charge in [0.2, 0.25) is 0 Å². The van der Waals surface area contributed by atoms with Gasteiger partial charge in [0.1, 0.15) is 30.5 Å². The third-order valence-corrected chi connectivity index (χ3v) is 12.0. The van der Waals surface area contributed by atoms with E-state index in [2.05, 4.69) is 48.9 Å². The molecule has 2 N–H and O–H groups in total. The van der Waals surface area contributed by atoms with Gasteiger partial charge in [-0.15, -0.1) is 9.42 Å². The van der Waals surface area contributed by atoms with Crippen LogP contribution in [-0.4, -0.2) is 68.6 Å². The third-order valence-electron chi connectivity index (χ3n) is 7.06. The molecule has 1 aromatic carbocycles. The molecule has 4 rings (SSSR count). The Labute approximate surface area is 216 Å². The number of hydrogen-bond acceptors (Lipinski definition) is 9. The van der Waals surface area contributed by atoms with E-state index in [0.717, 1.165) is 0 Å². The first-order chi connectivity index (χ1) is 17.4. The fourth-order valence-corrected chi connectivity index (χ4v) is 5.83. The molecule has 3 aromatic rings. The van der Waals surface area contributed by atoms with Crippen LogP contribution in [0.4, 0.5) is 0 Å². The van der Waals surface area contributed by atoms with E-state index >= 15 is 0 Å². The van der Waals surface area contributed by atoms with Crippen LogP contribution in [0.3, 0.4) is 0 Å². The molecule has 0 aliphatic carbocycles. The minimum atomic E-state index is -2.98. The van der Waals surface area contributed by atoms with Crippen LogP contribution in [0.5, 0.6) is 0 Å². The fraction of sp³-hybridized carbons (Fsp3) is 0.500. The summed E-state index contributed by atoms with van der Waals surface area (Å²) in [6, 6.07) is 8.92. The van der Waals surface area contributed by atoms with E-state index in [1.165, 1.54) is 10.8 Å².